The number of carbonyl (C=O) groups is 3. The molecule has 0 spiro atoms. The second-order valence-electron chi connectivity index (χ2n) is 6.35. The third-order valence-electron chi connectivity index (χ3n) is 4.46. The van der Waals surface area contributed by atoms with E-state index in [1.54, 1.807) is 49.4 Å². The van der Waals surface area contributed by atoms with E-state index in [4.69, 9.17) is 21.1 Å². The molecule has 0 aliphatic carbocycles. The molecule has 4 amide bonds. The number of anilines is 1. The maximum absolute atomic E-state index is 13.1. The summed E-state index contributed by atoms with van der Waals surface area (Å²) < 4.78 is 10.8. The van der Waals surface area contributed by atoms with Gasteiger partial charge in [-0.1, -0.05) is 30.3 Å². The summed E-state index contributed by atoms with van der Waals surface area (Å²) in [5.74, 6) is -0.627. The van der Waals surface area contributed by atoms with Crippen molar-refractivity contribution in [3.63, 3.8) is 0 Å². The minimum absolute atomic E-state index is 0.218. The molecule has 0 bridgehead atoms. The molecule has 154 valence electrons. The second kappa shape index (κ2) is 8.84. The number of carbonyl (C=O) groups excluding carboxylic acids is 3. The molecule has 0 saturated carbocycles. The van der Waals surface area contributed by atoms with Gasteiger partial charge in [0, 0.05) is 16.7 Å². The van der Waals surface area contributed by atoms with Gasteiger partial charge >= 0.3 is 6.03 Å². The Morgan fingerprint density at radius 1 is 1.20 bits per heavy atom. The van der Waals surface area contributed by atoms with Gasteiger partial charge < -0.3 is 9.47 Å². The molecule has 3 rings (SSSR count). The molecule has 0 aromatic heterocycles. The van der Waals surface area contributed by atoms with Crippen molar-refractivity contribution in [1.29, 1.82) is 0 Å². The van der Waals surface area contributed by atoms with Crippen molar-refractivity contribution in [2.75, 3.05) is 18.6 Å². The minimum atomic E-state index is -0.842. The van der Waals surface area contributed by atoms with E-state index in [9.17, 15) is 14.4 Å². The first-order valence-corrected chi connectivity index (χ1v) is 9.33. The van der Waals surface area contributed by atoms with Crippen molar-refractivity contribution in [1.82, 2.24) is 5.32 Å². The number of nitrogens with one attached hydrogen (secondary N) is 1. The Balaban J connectivity index is 2.07. The van der Waals surface area contributed by atoms with E-state index in [-0.39, 0.29) is 12.2 Å². The van der Waals surface area contributed by atoms with E-state index in [1.165, 1.54) is 13.2 Å². The number of hydrogen-bond acceptors (Lipinski definition) is 5. The Kier molecular flexibility index (Phi) is 6.23. The van der Waals surface area contributed by atoms with Gasteiger partial charge in [0.25, 0.3) is 11.8 Å². The van der Waals surface area contributed by atoms with Crippen LogP contribution in [0.15, 0.2) is 54.6 Å². The average Bonchev–Trinajstić information content (AvgIpc) is 2.72. The number of imide groups is 2. The molecule has 0 unspecified atom stereocenters. The lowest BCUT2D eigenvalue weighted by atomic mass is 10.0. The normalized spacial score (nSPS) is 15.2. The van der Waals surface area contributed by atoms with Gasteiger partial charge in [-0.15, -0.1) is 0 Å². The summed E-state index contributed by atoms with van der Waals surface area (Å²) in [4.78, 5) is 38.9. The quantitative estimate of drug-likeness (QED) is 0.430. The predicted molar refractivity (Wildman–Crippen MR) is 114 cm³/mol. The molecule has 0 atom stereocenters. The number of methoxy groups -OCH3 is 1. The lowest BCUT2D eigenvalue weighted by molar-refractivity contribution is -0.122. The standard InChI is InChI=1S/C22H19ClN2O5/c1-4-10-30-19-12-15(29-3)9-8-14(19)11-16-20(26)24-22(28)25(21(16)27)18-7-5-6-17(23)13(18)2/h4-9,11-12H,1,10H2,2-3H3,(H,24,26,28)/b16-11+. The fourth-order valence-electron chi connectivity index (χ4n) is 2.90. The zero-order valence-corrected chi connectivity index (χ0v) is 17.2. The maximum atomic E-state index is 13.1. The van der Waals surface area contributed by atoms with Crippen LogP contribution >= 0.6 is 11.6 Å². The number of benzene rings is 2. The van der Waals surface area contributed by atoms with Gasteiger partial charge in [-0.05, 0) is 42.8 Å². The van der Waals surface area contributed by atoms with E-state index in [2.05, 4.69) is 11.9 Å². The van der Waals surface area contributed by atoms with Crippen molar-refractivity contribution in [3.05, 3.63) is 70.8 Å². The van der Waals surface area contributed by atoms with Gasteiger partial charge in [0.15, 0.2) is 0 Å². The average molecular weight is 427 g/mol. The summed E-state index contributed by atoms with van der Waals surface area (Å²) >= 11 is 6.13. The number of nitrogens with zero attached hydrogens (tertiary/aromatic N) is 1. The zero-order chi connectivity index (χ0) is 21.8. The largest absolute Gasteiger partial charge is 0.497 e. The monoisotopic (exact) mass is 426 g/mol. The van der Waals surface area contributed by atoms with Gasteiger partial charge in [-0.3, -0.25) is 14.9 Å². The zero-order valence-electron chi connectivity index (χ0n) is 16.4. The third-order valence-corrected chi connectivity index (χ3v) is 4.87. The van der Waals surface area contributed by atoms with Gasteiger partial charge in [-0.25, -0.2) is 9.69 Å². The molecule has 0 radical (unpaired) electrons. The molecule has 1 aliphatic rings. The summed E-state index contributed by atoms with van der Waals surface area (Å²) in [7, 11) is 1.51. The summed E-state index contributed by atoms with van der Waals surface area (Å²) in [6, 6.07) is 8.96. The number of urea groups is 1. The van der Waals surface area contributed by atoms with Crippen LogP contribution in [0.5, 0.6) is 11.5 Å². The molecule has 1 fully saturated rings. The van der Waals surface area contributed by atoms with Gasteiger partial charge in [0.1, 0.15) is 23.7 Å². The second-order valence-corrected chi connectivity index (χ2v) is 6.75. The number of hydrogen-bond donors (Lipinski definition) is 1. The molecule has 1 saturated heterocycles. The van der Waals surface area contributed by atoms with Crippen molar-refractivity contribution in [2.45, 2.75) is 6.92 Å². The summed E-state index contributed by atoms with van der Waals surface area (Å²) in [6.07, 6.45) is 2.94. The van der Waals surface area contributed by atoms with E-state index < -0.39 is 17.8 Å². The highest BCUT2D eigenvalue weighted by Gasteiger charge is 2.37. The first kappa shape index (κ1) is 21.1. The Labute approximate surface area is 178 Å². The Hall–Kier alpha value is -3.58. The molecule has 7 nitrogen and oxygen atoms in total. The lowest BCUT2D eigenvalue weighted by Gasteiger charge is -2.27. The number of halogens is 1. The van der Waals surface area contributed by atoms with Crippen LogP contribution in [0.25, 0.3) is 6.08 Å². The van der Waals surface area contributed by atoms with E-state index in [1.807, 2.05) is 0 Å². The fourth-order valence-corrected chi connectivity index (χ4v) is 3.07. The summed E-state index contributed by atoms with van der Waals surface area (Å²) in [5.41, 5.74) is 1.08. The molecule has 2 aromatic carbocycles. The van der Waals surface area contributed by atoms with Crippen LogP contribution in [-0.2, 0) is 9.59 Å². The number of ether oxygens (including phenoxy) is 2. The predicted octanol–water partition coefficient (Wildman–Crippen LogP) is 3.89. The molecular formula is C22H19ClN2O5. The molecule has 1 heterocycles. The minimum Gasteiger partial charge on any atom is -0.497 e. The molecule has 30 heavy (non-hydrogen) atoms. The van der Waals surface area contributed by atoms with Gasteiger partial charge in [-0.2, -0.15) is 0 Å². The highest BCUT2D eigenvalue weighted by atomic mass is 35.5. The van der Waals surface area contributed by atoms with Crippen LogP contribution < -0.4 is 19.7 Å². The van der Waals surface area contributed by atoms with E-state index in [0.717, 1.165) is 4.90 Å². The van der Waals surface area contributed by atoms with Crippen molar-refractivity contribution in [3.8, 4) is 11.5 Å². The third kappa shape index (κ3) is 4.06. The Bertz CT molecular complexity index is 1080. The van der Waals surface area contributed by atoms with E-state index >= 15 is 0 Å². The van der Waals surface area contributed by atoms with Gasteiger partial charge in [0.2, 0.25) is 0 Å². The van der Waals surface area contributed by atoms with Crippen LogP contribution in [0.2, 0.25) is 5.02 Å². The highest BCUT2D eigenvalue weighted by Crippen LogP contribution is 2.31. The first-order valence-electron chi connectivity index (χ1n) is 8.95. The number of rotatable bonds is 6. The van der Waals surface area contributed by atoms with Crippen LogP contribution in [0, 0.1) is 6.92 Å². The maximum Gasteiger partial charge on any atom is 0.335 e. The Morgan fingerprint density at radius 2 is 1.97 bits per heavy atom. The molecule has 1 aliphatic heterocycles. The van der Waals surface area contributed by atoms with Crippen molar-refractivity contribution >= 4 is 41.2 Å². The number of barbiturate groups is 1. The fraction of sp³-hybridized carbons (Fsp3) is 0.136. The van der Waals surface area contributed by atoms with Crippen LogP contribution in [0.4, 0.5) is 10.5 Å². The topological polar surface area (TPSA) is 84.9 Å². The summed E-state index contributed by atoms with van der Waals surface area (Å²) in [5, 5.41) is 2.59. The van der Waals surface area contributed by atoms with Gasteiger partial charge in [0.05, 0.1) is 12.8 Å². The number of amides is 4. The van der Waals surface area contributed by atoms with Crippen LogP contribution in [0.3, 0.4) is 0 Å². The molecule has 8 heteroatoms. The lowest BCUT2D eigenvalue weighted by Crippen LogP contribution is -2.54. The molecule has 1 N–H and O–H groups in total. The van der Waals surface area contributed by atoms with Crippen LogP contribution in [-0.4, -0.2) is 31.6 Å². The van der Waals surface area contributed by atoms with E-state index in [0.29, 0.717) is 33.3 Å². The van der Waals surface area contributed by atoms with Crippen LogP contribution in [0.1, 0.15) is 11.1 Å². The molecule has 2 aromatic rings. The summed E-state index contributed by atoms with van der Waals surface area (Å²) in [6.45, 7) is 5.51. The van der Waals surface area contributed by atoms with Crippen molar-refractivity contribution < 1.29 is 23.9 Å². The first-order chi connectivity index (χ1) is 14.4. The molecular weight excluding hydrogens is 408 g/mol. The SMILES string of the molecule is C=CCOc1cc(OC)ccc1/C=C1\C(=O)NC(=O)N(c2cccc(Cl)c2C)C1=O. The van der Waals surface area contributed by atoms with Crippen molar-refractivity contribution in [2.24, 2.45) is 0 Å². The highest BCUT2D eigenvalue weighted by molar-refractivity contribution is 6.40. The smallest absolute Gasteiger partial charge is 0.335 e. The Morgan fingerprint density at radius 3 is 2.67 bits per heavy atom.